The van der Waals surface area contributed by atoms with E-state index >= 15 is 0 Å². The van der Waals surface area contributed by atoms with Gasteiger partial charge in [0.15, 0.2) is 0 Å². The molecule has 1 aromatic carbocycles. The third kappa shape index (κ3) is 3.11. The highest BCUT2D eigenvalue weighted by molar-refractivity contribution is 5.77. The van der Waals surface area contributed by atoms with E-state index in [2.05, 4.69) is 0 Å². The summed E-state index contributed by atoms with van der Waals surface area (Å²) in [6.07, 6.45) is -0.117. The van der Waals surface area contributed by atoms with Gasteiger partial charge in [0, 0.05) is 13.6 Å². The van der Waals surface area contributed by atoms with Gasteiger partial charge in [-0.05, 0) is 17.7 Å². The number of amides is 1. The average Bonchev–Trinajstić information content (AvgIpc) is 2.29. The molecule has 4 heteroatoms. The molecule has 4 nitrogen and oxygen atoms in total. The predicted molar refractivity (Wildman–Crippen MR) is 57.9 cm³/mol. The van der Waals surface area contributed by atoms with Gasteiger partial charge in [-0.2, -0.15) is 10.5 Å². The molecule has 0 aliphatic carbocycles. The van der Waals surface area contributed by atoms with Crippen LogP contribution in [0.3, 0.4) is 0 Å². The third-order valence-corrected chi connectivity index (χ3v) is 2.13. The maximum absolute atomic E-state index is 11.3. The van der Waals surface area contributed by atoms with Gasteiger partial charge in [0.2, 0.25) is 5.91 Å². The van der Waals surface area contributed by atoms with Crippen molar-refractivity contribution in [2.45, 2.75) is 13.0 Å². The highest BCUT2D eigenvalue weighted by atomic mass is 16.2. The van der Waals surface area contributed by atoms with Gasteiger partial charge in [0.1, 0.15) is 6.42 Å². The van der Waals surface area contributed by atoms with Crippen LogP contribution in [0.5, 0.6) is 0 Å². The zero-order valence-corrected chi connectivity index (χ0v) is 8.97. The maximum Gasteiger partial charge on any atom is 0.236 e. The summed E-state index contributed by atoms with van der Waals surface area (Å²) in [5, 5.41) is 17.1. The van der Waals surface area contributed by atoms with E-state index in [4.69, 9.17) is 10.5 Å². The molecule has 0 radical (unpaired) electrons. The van der Waals surface area contributed by atoms with Crippen LogP contribution in [0.4, 0.5) is 0 Å². The smallest absolute Gasteiger partial charge is 0.236 e. The van der Waals surface area contributed by atoms with E-state index in [1.807, 2.05) is 18.2 Å². The Morgan fingerprint density at radius 2 is 2.19 bits per heavy atom. The number of benzene rings is 1. The topological polar surface area (TPSA) is 67.9 Å². The molecule has 0 heterocycles. The highest BCUT2D eigenvalue weighted by Crippen LogP contribution is 2.07. The van der Waals surface area contributed by atoms with Crippen LogP contribution >= 0.6 is 0 Å². The molecular formula is C12H11N3O. The molecule has 16 heavy (non-hydrogen) atoms. The van der Waals surface area contributed by atoms with Crippen LogP contribution < -0.4 is 0 Å². The average molecular weight is 213 g/mol. The minimum absolute atomic E-state index is 0.117. The number of hydrogen-bond donors (Lipinski definition) is 0. The molecule has 0 fully saturated rings. The molecule has 0 aliphatic rings. The van der Waals surface area contributed by atoms with E-state index in [0.29, 0.717) is 12.1 Å². The zero-order valence-electron chi connectivity index (χ0n) is 8.97. The van der Waals surface area contributed by atoms with Crippen molar-refractivity contribution in [2.24, 2.45) is 0 Å². The Balaban J connectivity index is 2.70. The first-order chi connectivity index (χ1) is 7.67. The number of hydrogen-bond acceptors (Lipinski definition) is 3. The van der Waals surface area contributed by atoms with Crippen molar-refractivity contribution in [3.05, 3.63) is 35.4 Å². The van der Waals surface area contributed by atoms with E-state index in [1.165, 1.54) is 4.90 Å². The van der Waals surface area contributed by atoms with Crippen molar-refractivity contribution in [1.29, 1.82) is 10.5 Å². The summed E-state index contributed by atoms with van der Waals surface area (Å²) in [6.45, 7) is 0.413. The summed E-state index contributed by atoms with van der Waals surface area (Å²) in [6, 6.07) is 10.9. The van der Waals surface area contributed by atoms with Crippen molar-refractivity contribution >= 4 is 5.91 Å². The van der Waals surface area contributed by atoms with Crippen molar-refractivity contribution in [1.82, 2.24) is 4.90 Å². The number of nitriles is 2. The third-order valence-electron chi connectivity index (χ3n) is 2.13. The van der Waals surface area contributed by atoms with Gasteiger partial charge < -0.3 is 4.90 Å². The van der Waals surface area contributed by atoms with Crippen molar-refractivity contribution in [3.63, 3.8) is 0 Å². The van der Waals surface area contributed by atoms with Crippen LogP contribution in [0.15, 0.2) is 24.3 Å². The summed E-state index contributed by atoms with van der Waals surface area (Å²) in [4.78, 5) is 12.8. The molecule has 80 valence electrons. The molecule has 0 N–H and O–H groups in total. The zero-order chi connectivity index (χ0) is 12.0. The molecule has 0 aliphatic heterocycles. The van der Waals surface area contributed by atoms with Gasteiger partial charge in [-0.3, -0.25) is 4.79 Å². The van der Waals surface area contributed by atoms with E-state index < -0.39 is 0 Å². The summed E-state index contributed by atoms with van der Waals surface area (Å²) in [7, 11) is 1.64. The van der Waals surface area contributed by atoms with Gasteiger partial charge in [-0.1, -0.05) is 12.1 Å². The van der Waals surface area contributed by atoms with Crippen LogP contribution in [-0.2, 0) is 11.3 Å². The predicted octanol–water partition coefficient (Wildman–Crippen LogP) is 1.43. The normalized spacial score (nSPS) is 8.94. The molecule has 1 rings (SSSR count). The summed E-state index contributed by atoms with van der Waals surface area (Å²) >= 11 is 0. The van der Waals surface area contributed by atoms with E-state index in [0.717, 1.165) is 5.56 Å². The molecule has 1 aromatic rings. The molecular weight excluding hydrogens is 202 g/mol. The largest absolute Gasteiger partial charge is 0.341 e. The van der Waals surface area contributed by atoms with E-state index in [1.54, 1.807) is 25.2 Å². The van der Waals surface area contributed by atoms with Crippen LogP contribution in [0.25, 0.3) is 0 Å². The van der Waals surface area contributed by atoms with Gasteiger partial charge in [0.25, 0.3) is 0 Å². The fourth-order valence-electron chi connectivity index (χ4n) is 1.30. The quantitative estimate of drug-likeness (QED) is 0.762. The van der Waals surface area contributed by atoms with Crippen molar-refractivity contribution in [3.8, 4) is 12.1 Å². The molecule has 0 aromatic heterocycles. The summed E-state index contributed by atoms with van der Waals surface area (Å²) < 4.78 is 0. The number of carbonyl (C=O) groups excluding carboxylic acids is 1. The van der Waals surface area contributed by atoms with Gasteiger partial charge in [-0.25, -0.2) is 0 Å². The fraction of sp³-hybridized carbons (Fsp3) is 0.250. The molecule has 0 bridgehead atoms. The van der Waals surface area contributed by atoms with Gasteiger partial charge in [-0.15, -0.1) is 0 Å². The van der Waals surface area contributed by atoms with Crippen LogP contribution in [0.2, 0.25) is 0 Å². The first kappa shape index (κ1) is 11.7. The molecule has 0 saturated heterocycles. The highest BCUT2D eigenvalue weighted by Gasteiger charge is 2.08. The monoisotopic (exact) mass is 213 g/mol. The van der Waals surface area contributed by atoms with E-state index in [-0.39, 0.29) is 12.3 Å². The van der Waals surface area contributed by atoms with Crippen LogP contribution in [0.1, 0.15) is 17.5 Å². The second kappa shape index (κ2) is 5.53. The standard InChI is InChI=1S/C12H11N3O/c1-15(12(16)5-6-13)9-11-4-2-3-10(7-11)8-14/h2-4,7H,5,9H2,1H3. The summed E-state index contributed by atoms with van der Waals surface area (Å²) in [5.74, 6) is -0.218. The number of nitrogens with zero attached hydrogens (tertiary/aromatic N) is 3. The van der Waals surface area contributed by atoms with Gasteiger partial charge >= 0.3 is 0 Å². The molecule has 0 unspecified atom stereocenters. The molecule has 1 amide bonds. The Morgan fingerprint density at radius 3 is 2.81 bits per heavy atom. The van der Waals surface area contributed by atoms with Gasteiger partial charge in [0.05, 0.1) is 17.7 Å². The Labute approximate surface area is 94.3 Å². The lowest BCUT2D eigenvalue weighted by atomic mass is 10.1. The molecule has 0 saturated carbocycles. The number of rotatable bonds is 3. The minimum Gasteiger partial charge on any atom is -0.341 e. The van der Waals surface area contributed by atoms with E-state index in [9.17, 15) is 4.79 Å². The second-order valence-electron chi connectivity index (χ2n) is 3.40. The lowest BCUT2D eigenvalue weighted by Gasteiger charge is -2.15. The Kier molecular flexibility index (Phi) is 4.06. The molecule has 0 atom stereocenters. The molecule has 0 spiro atoms. The Hall–Kier alpha value is -2.33. The number of carbonyl (C=O) groups is 1. The first-order valence-corrected chi connectivity index (χ1v) is 4.77. The minimum atomic E-state index is -0.218. The van der Waals surface area contributed by atoms with Crippen LogP contribution in [-0.4, -0.2) is 17.9 Å². The van der Waals surface area contributed by atoms with Crippen molar-refractivity contribution in [2.75, 3.05) is 7.05 Å². The second-order valence-corrected chi connectivity index (χ2v) is 3.40. The Bertz CT molecular complexity index is 468. The SMILES string of the molecule is CN(Cc1cccc(C#N)c1)C(=O)CC#N. The maximum atomic E-state index is 11.3. The lowest BCUT2D eigenvalue weighted by Crippen LogP contribution is -2.25. The summed E-state index contributed by atoms with van der Waals surface area (Å²) in [5.41, 5.74) is 1.45. The Morgan fingerprint density at radius 1 is 1.44 bits per heavy atom. The van der Waals surface area contributed by atoms with Crippen LogP contribution in [0, 0.1) is 22.7 Å². The van der Waals surface area contributed by atoms with Crippen molar-refractivity contribution < 1.29 is 4.79 Å². The first-order valence-electron chi connectivity index (χ1n) is 4.77. The fourth-order valence-corrected chi connectivity index (χ4v) is 1.30. The lowest BCUT2D eigenvalue weighted by molar-refractivity contribution is -0.129.